The highest BCUT2D eigenvalue weighted by Crippen LogP contribution is 2.24. The van der Waals surface area contributed by atoms with E-state index in [-0.39, 0.29) is 29.4 Å². The van der Waals surface area contributed by atoms with Gasteiger partial charge >= 0.3 is 0 Å². The second-order valence-electron chi connectivity index (χ2n) is 5.03. The molecule has 0 bridgehead atoms. The van der Waals surface area contributed by atoms with E-state index in [1.807, 2.05) is 0 Å². The molecule has 1 aromatic heterocycles. The number of Topliss-reactive ketones (excluding diaryl/α,β-unsaturated/α-hetero) is 1. The topological polar surface area (TPSA) is 104 Å². The zero-order valence-electron chi connectivity index (χ0n) is 12.5. The van der Waals surface area contributed by atoms with E-state index in [9.17, 15) is 14.9 Å². The van der Waals surface area contributed by atoms with Gasteiger partial charge in [0, 0.05) is 33.3 Å². The number of benzene rings is 2. The monoisotopic (exact) mass is 377 g/mol. The van der Waals surface area contributed by atoms with Gasteiger partial charge in [-0.05, 0) is 23.4 Å². The molecule has 0 aliphatic heterocycles. The van der Waals surface area contributed by atoms with Crippen molar-refractivity contribution in [2.75, 3.05) is 0 Å². The molecule has 2 aromatic carbocycles. The first-order chi connectivity index (χ1) is 11.9. The molecule has 8 nitrogen and oxygen atoms in total. The number of hydrogen-bond acceptors (Lipinski definition) is 6. The zero-order chi connectivity index (χ0) is 18.0. The van der Waals surface area contributed by atoms with Gasteiger partial charge in [0.1, 0.15) is 6.54 Å². The number of nitro groups is 1. The summed E-state index contributed by atoms with van der Waals surface area (Å²) >= 11 is 11.9. The molecule has 0 N–H and O–H groups in total. The predicted octanol–water partition coefficient (Wildman–Crippen LogP) is 3.44. The standard InChI is InChI=1S/C15H9Cl2N5O3/c16-11-4-10(5-12(17)7-11)15-18-20-21(19-15)8-14(23)9-2-1-3-13(6-9)22(24)25/h1-7H,8H2. The Morgan fingerprint density at radius 1 is 1.16 bits per heavy atom. The molecule has 0 fully saturated rings. The Labute approximate surface area is 151 Å². The molecular formula is C15H9Cl2N5O3. The number of nitro benzene ring substituents is 1. The fourth-order valence-electron chi connectivity index (χ4n) is 2.12. The molecule has 0 atom stereocenters. The van der Waals surface area contributed by atoms with Gasteiger partial charge in [0.25, 0.3) is 5.69 Å². The Morgan fingerprint density at radius 2 is 1.88 bits per heavy atom. The van der Waals surface area contributed by atoms with Crippen LogP contribution in [-0.4, -0.2) is 30.9 Å². The molecule has 0 spiro atoms. The molecule has 10 heteroatoms. The first-order valence-electron chi connectivity index (χ1n) is 6.94. The summed E-state index contributed by atoms with van der Waals surface area (Å²) in [6, 6.07) is 10.3. The van der Waals surface area contributed by atoms with Gasteiger partial charge in [0.15, 0.2) is 5.78 Å². The second kappa shape index (κ2) is 6.96. The van der Waals surface area contributed by atoms with Crippen LogP contribution in [0.2, 0.25) is 10.0 Å². The molecule has 1 heterocycles. The van der Waals surface area contributed by atoms with Crippen LogP contribution in [0.4, 0.5) is 5.69 Å². The summed E-state index contributed by atoms with van der Waals surface area (Å²) in [7, 11) is 0. The largest absolute Gasteiger partial charge is 0.292 e. The summed E-state index contributed by atoms with van der Waals surface area (Å²) < 4.78 is 0. The number of hydrogen-bond donors (Lipinski definition) is 0. The van der Waals surface area contributed by atoms with E-state index in [1.54, 1.807) is 18.2 Å². The summed E-state index contributed by atoms with van der Waals surface area (Å²) in [5.41, 5.74) is 0.594. The third-order valence-electron chi connectivity index (χ3n) is 3.24. The lowest BCUT2D eigenvalue weighted by Crippen LogP contribution is -2.13. The highest BCUT2D eigenvalue weighted by Gasteiger charge is 2.14. The van der Waals surface area contributed by atoms with Gasteiger partial charge in [-0.2, -0.15) is 4.80 Å². The number of carbonyl (C=O) groups excluding carboxylic acids is 1. The number of rotatable bonds is 5. The summed E-state index contributed by atoms with van der Waals surface area (Å²) in [5, 5.41) is 23.4. The number of carbonyl (C=O) groups is 1. The lowest BCUT2D eigenvalue weighted by atomic mass is 10.1. The lowest BCUT2D eigenvalue weighted by molar-refractivity contribution is -0.384. The maximum absolute atomic E-state index is 12.2. The zero-order valence-corrected chi connectivity index (χ0v) is 14.0. The highest BCUT2D eigenvalue weighted by molar-refractivity contribution is 6.35. The van der Waals surface area contributed by atoms with E-state index >= 15 is 0 Å². The van der Waals surface area contributed by atoms with Crippen LogP contribution < -0.4 is 0 Å². The Balaban J connectivity index is 1.80. The summed E-state index contributed by atoms with van der Waals surface area (Å²) in [5.74, 6) is -0.118. The third-order valence-corrected chi connectivity index (χ3v) is 3.67. The van der Waals surface area contributed by atoms with Gasteiger partial charge in [-0.3, -0.25) is 14.9 Å². The van der Waals surface area contributed by atoms with Crippen LogP contribution in [0, 0.1) is 10.1 Å². The summed E-state index contributed by atoms with van der Waals surface area (Å²) in [4.78, 5) is 23.6. The molecule has 0 unspecified atom stereocenters. The van der Waals surface area contributed by atoms with Crippen molar-refractivity contribution in [3.63, 3.8) is 0 Å². The first kappa shape index (κ1) is 17.0. The number of nitrogens with zero attached hydrogens (tertiary/aromatic N) is 5. The number of ketones is 1. The van der Waals surface area contributed by atoms with E-state index < -0.39 is 4.92 Å². The molecule has 0 radical (unpaired) electrons. The Bertz CT molecular complexity index is 953. The van der Waals surface area contributed by atoms with Crippen molar-refractivity contribution in [3.8, 4) is 11.4 Å². The second-order valence-corrected chi connectivity index (χ2v) is 5.91. The Morgan fingerprint density at radius 3 is 2.56 bits per heavy atom. The number of halogens is 2. The van der Waals surface area contributed by atoms with Crippen LogP contribution in [0.25, 0.3) is 11.4 Å². The number of non-ortho nitro benzene ring substituents is 1. The number of aromatic nitrogens is 4. The molecule has 25 heavy (non-hydrogen) atoms. The Kier molecular flexibility index (Phi) is 4.73. The van der Waals surface area contributed by atoms with Crippen molar-refractivity contribution >= 4 is 34.7 Å². The van der Waals surface area contributed by atoms with Crippen LogP contribution in [0.1, 0.15) is 10.4 Å². The van der Waals surface area contributed by atoms with E-state index in [1.165, 1.54) is 24.3 Å². The van der Waals surface area contributed by atoms with Gasteiger partial charge in [-0.15, -0.1) is 10.2 Å². The van der Waals surface area contributed by atoms with Crippen molar-refractivity contribution in [2.45, 2.75) is 6.54 Å². The lowest BCUT2D eigenvalue weighted by Gasteiger charge is -2.00. The molecular weight excluding hydrogens is 369 g/mol. The summed E-state index contributed by atoms with van der Waals surface area (Å²) in [6.45, 7) is -0.206. The molecule has 0 aliphatic carbocycles. The van der Waals surface area contributed by atoms with Crippen molar-refractivity contribution < 1.29 is 9.72 Å². The van der Waals surface area contributed by atoms with Gasteiger partial charge in [-0.1, -0.05) is 35.3 Å². The average Bonchev–Trinajstić information content (AvgIpc) is 3.02. The van der Waals surface area contributed by atoms with Gasteiger partial charge in [0.2, 0.25) is 5.82 Å². The quantitative estimate of drug-likeness (QED) is 0.383. The Hall–Kier alpha value is -2.84. The van der Waals surface area contributed by atoms with E-state index in [2.05, 4.69) is 15.4 Å². The van der Waals surface area contributed by atoms with Crippen molar-refractivity contribution in [1.82, 2.24) is 20.2 Å². The van der Waals surface area contributed by atoms with Crippen LogP contribution >= 0.6 is 23.2 Å². The minimum absolute atomic E-state index is 0.161. The average molecular weight is 378 g/mol. The molecule has 126 valence electrons. The van der Waals surface area contributed by atoms with E-state index in [0.29, 0.717) is 15.6 Å². The summed E-state index contributed by atoms with van der Waals surface area (Å²) in [6.07, 6.45) is 0. The molecule has 0 amide bonds. The fourth-order valence-corrected chi connectivity index (χ4v) is 2.65. The highest BCUT2D eigenvalue weighted by atomic mass is 35.5. The van der Waals surface area contributed by atoms with Crippen molar-refractivity contribution in [3.05, 3.63) is 68.2 Å². The van der Waals surface area contributed by atoms with Crippen LogP contribution in [-0.2, 0) is 6.54 Å². The van der Waals surface area contributed by atoms with Crippen molar-refractivity contribution in [2.24, 2.45) is 0 Å². The molecule has 3 rings (SSSR count). The van der Waals surface area contributed by atoms with Crippen LogP contribution in [0.3, 0.4) is 0 Å². The minimum Gasteiger partial charge on any atom is -0.292 e. The third kappa shape index (κ3) is 3.98. The molecule has 0 aliphatic rings. The van der Waals surface area contributed by atoms with Gasteiger partial charge in [0.05, 0.1) is 4.92 Å². The SMILES string of the molecule is O=C(Cn1nnc(-c2cc(Cl)cc(Cl)c2)n1)c1cccc([N+](=O)[O-])c1. The number of tetrazole rings is 1. The predicted molar refractivity (Wildman–Crippen MR) is 90.7 cm³/mol. The van der Waals surface area contributed by atoms with E-state index in [0.717, 1.165) is 4.80 Å². The molecule has 0 saturated heterocycles. The molecule has 3 aromatic rings. The normalized spacial score (nSPS) is 10.6. The van der Waals surface area contributed by atoms with Gasteiger partial charge in [-0.25, -0.2) is 0 Å². The van der Waals surface area contributed by atoms with Crippen LogP contribution in [0.15, 0.2) is 42.5 Å². The first-order valence-corrected chi connectivity index (χ1v) is 7.70. The van der Waals surface area contributed by atoms with Crippen LogP contribution in [0.5, 0.6) is 0 Å². The van der Waals surface area contributed by atoms with Gasteiger partial charge < -0.3 is 0 Å². The van der Waals surface area contributed by atoms with Crippen molar-refractivity contribution in [1.29, 1.82) is 0 Å². The fraction of sp³-hybridized carbons (Fsp3) is 0.0667. The minimum atomic E-state index is -0.564. The smallest absolute Gasteiger partial charge is 0.270 e. The maximum atomic E-state index is 12.2. The molecule has 0 saturated carbocycles. The maximum Gasteiger partial charge on any atom is 0.270 e. The van der Waals surface area contributed by atoms with E-state index in [4.69, 9.17) is 23.2 Å².